The van der Waals surface area contributed by atoms with E-state index in [9.17, 15) is 0 Å². The van der Waals surface area contributed by atoms with E-state index in [1.54, 1.807) is 0 Å². The highest BCUT2D eigenvalue weighted by Crippen LogP contribution is 2.44. The minimum absolute atomic E-state index is 0.777. The predicted octanol–water partition coefficient (Wildman–Crippen LogP) is 3.77. The molecular formula is C18H27NO. The van der Waals surface area contributed by atoms with E-state index in [4.69, 9.17) is 4.74 Å². The second kappa shape index (κ2) is 5.77. The zero-order valence-corrected chi connectivity index (χ0v) is 13.0. The van der Waals surface area contributed by atoms with E-state index in [2.05, 4.69) is 38.2 Å². The summed E-state index contributed by atoms with van der Waals surface area (Å²) in [5, 5.41) is 3.74. The monoisotopic (exact) mass is 273 g/mol. The first kappa shape index (κ1) is 13.9. The lowest BCUT2D eigenvalue weighted by molar-refractivity contribution is 0.290. The molecule has 0 heterocycles. The summed E-state index contributed by atoms with van der Waals surface area (Å²) >= 11 is 0. The second-order valence-electron chi connectivity index (χ2n) is 6.73. The van der Waals surface area contributed by atoms with Crippen LogP contribution in [-0.2, 0) is 0 Å². The maximum absolute atomic E-state index is 6.01. The van der Waals surface area contributed by atoms with E-state index in [1.807, 2.05) is 0 Å². The molecule has 0 saturated heterocycles. The van der Waals surface area contributed by atoms with Crippen LogP contribution in [0.1, 0.15) is 42.4 Å². The lowest BCUT2D eigenvalue weighted by Gasteiger charge is -2.19. The second-order valence-corrected chi connectivity index (χ2v) is 6.73. The zero-order valence-electron chi connectivity index (χ0n) is 13.0. The van der Waals surface area contributed by atoms with Gasteiger partial charge in [-0.15, -0.1) is 0 Å². The summed E-state index contributed by atoms with van der Waals surface area (Å²) in [5.41, 5.74) is 3.82. The van der Waals surface area contributed by atoms with Gasteiger partial charge in [-0.05, 0) is 69.4 Å². The molecule has 20 heavy (non-hydrogen) atoms. The molecule has 0 aromatic heterocycles. The Labute approximate surface area is 122 Å². The number of benzene rings is 1. The Bertz CT molecular complexity index is 439. The van der Waals surface area contributed by atoms with Gasteiger partial charge in [-0.25, -0.2) is 0 Å². The Hall–Kier alpha value is -1.02. The van der Waals surface area contributed by atoms with Gasteiger partial charge in [-0.2, -0.15) is 0 Å². The van der Waals surface area contributed by atoms with E-state index >= 15 is 0 Å². The van der Waals surface area contributed by atoms with Crippen molar-refractivity contribution < 1.29 is 4.74 Å². The third-order valence-corrected chi connectivity index (χ3v) is 4.59. The fourth-order valence-corrected chi connectivity index (χ4v) is 3.40. The van der Waals surface area contributed by atoms with Crippen molar-refractivity contribution in [3.8, 4) is 5.75 Å². The van der Waals surface area contributed by atoms with Crippen LogP contribution in [0.2, 0.25) is 0 Å². The molecule has 1 N–H and O–H groups in total. The lowest BCUT2D eigenvalue weighted by atomic mass is 10.1. The summed E-state index contributed by atoms with van der Waals surface area (Å²) in [6.07, 6.45) is 5.74. The van der Waals surface area contributed by atoms with E-state index < -0.39 is 0 Å². The van der Waals surface area contributed by atoms with Crippen LogP contribution >= 0.6 is 0 Å². The van der Waals surface area contributed by atoms with Gasteiger partial charge >= 0.3 is 0 Å². The van der Waals surface area contributed by atoms with Gasteiger partial charge in [-0.1, -0.05) is 17.7 Å². The van der Waals surface area contributed by atoms with Gasteiger partial charge in [0, 0.05) is 12.6 Å². The quantitative estimate of drug-likeness (QED) is 0.764. The van der Waals surface area contributed by atoms with Crippen molar-refractivity contribution in [3.63, 3.8) is 0 Å². The Kier molecular flexibility index (Phi) is 4.02. The van der Waals surface area contributed by atoms with Crippen LogP contribution in [0.5, 0.6) is 5.75 Å². The molecule has 1 aromatic rings. The van der Waals surface area contributed by atoms with Gasteiger partial charge < -0.3 is 10.1 Å². The van der Waals surface area contributed by atoms with Gasteiger partial charge in [0.2, 0.25) is 0 Å². The van der Waals surface area contributed by atoms with Crippen LogP contribution in [0.3, 0.4) is 0 Å². The molecule has 0 amide bonds. The summed E-state index contributed by atoms with van der Waals surface area (Å²) in [6.45, 7) is 8.17. The third kappa shape index (κ3) is 3.35. The highest BCUT2D eigenvalue weighted by Gasteiger charge is 2.40. The highest BCUT2D eigenvalue weighted by atomic mass is 16.5. The molecule has 0 spiro atoms. The number of rotatable bonds is 7. The molecule has 0 bridgehead atoms. The number of ether oxygens (including phenoxy) is 1. The van der Waals surface area contributed by atoms with Crippen LogP contribution in [-0.4, -0.2) is 19.2 Å². The summed E-state index contributed by atoms with van der Waals surface area (Å²) in [7, 11) is 0. The molecule has 0 atom stereocenters. The summed E-state index contributed by atoms with van der Waals surface area (Å²) in [4.78, 5) is 0. The first-order valence-corrected chi connectivity index (χ1v) is 8.09. The van der Waals surface area contributed by atoms with Gasteiger partial charge in [-0.3, -0.25) is 0 Å². The standard InChI is InChI=1S/C18H27NO/c1-12-10-13(2)18(14(3)11-12)20-9-8-19-17(15-4-5-15)16-6-7-16/h10-11,15-17,19H,4-9H2,1-3H3. The van der Waals surface area contributed by atoms with Gasteiger partial charge in [0.1, 0.15) is 12.4 Å². The van der Waals surface area contributed by atoms with Gasteiger partial charge in [0.05, 0.1) is 0 Å². The van der Waals surface area contributed by atoms with Gasteiger partial charge in [0.15, 0.2) is 0 Å². The fourth-order valence-electron chi connectivity index (χ4n) is 3.40. The van der Waals surface area contributed by atoms with Crippen molar-refractivity contribution in [2.75, 3.05) is 13.2 Å². The molecule has 2 saturated carbocycles. The average molecular weight is 273 g/mol. The molecule has 1 aromatic carbocycles. The molecule has 0 unspecified atom stereocenters. The van der Waals surface area contributed by atoms with Crippen molar-refractivity contribution >= 4 is 0 Å². The Morgan fingerprint density at radius 3 is 2.10 bits per heavy atom. The van der Waals surface area contributed by atoms with Crippen molar-refractivity contribution in [1.29, 1.82) is 0 Å². The van der Waals surface area contributed by atoms with Crippen molar-refractivity contribution in [3.05, 3.63) is 28.8 Å². The highest BCUT2D eigenvalue weighted by molar-refractivity contribution is 5.42. The van der Waals surface area contributed by atoms with Crippen LogP contribution in [0, 0.1) is 32.6 Å². The van der Waals surface area contributed by atoms with Crippen molar-refractivity contribution in [2.24, 2.45) is 11.8 Å². The summed E-state index contributed by atoms with van der Waals surface area (Å²) < 4.78 is 6.01. The maximum atomic E-state index is 6.01. The molecule has 3 rings (SSSR count). The first-order chi connectivity index (χ1) is 9.65. The molecule has 0 radical (unpaired) electrons. The van der Waals surface area contributed by atoms with Crippen LogP contribution < -0.4 is 10.1 Å². The Morgan fingerprint density at radius 2 is 1.60 bits per heavy atom. The minimum Gasteiger partial charge on any atom is -0.492 e. The predicted molar refractivity (Wildman–Crippen MR) is 83.4 cm³/mol. The van der Waals surface area contributed by atoms with E-state index in [0.29, 0.717) is 0 Å². The van der Waals surface area contributed by atoms with E-state index in [1.165, 1.54) is 42.4 Å². The summed E-state index contributed by atoms with van der Waals surface area (Å²) in [6, 6.07) is 5.18. The normalized spacial score (nSPS) is 18.6. The number of aryl methyl sites for hydroxylation is 3. The molecule has 2 nitrogen and oxygen atoms in total. The number of nitrogens with one attached hydrogen (secondary N) is 1. The molecule has 2 fully saturated rings. The number of hydrogen-bond acceptors (Lipinski definition) is 2. The zero-order chi connectivity index (χ0) is 14.1. The smallest absolute Gasteiger partial charge is 0.125 e. The van der Waals surface area contributed by atoms with Crippen molar-refractivity contribution in [2.45, 2.75) is 52.5 Å². The number of hydrogen-bond donors (Lipinski definition) is 1. The third-order valence-electron chi connectivity index (χ3n) is 4.59. The Morgan fingerprint density at radius 1 is 1.05 bits per heavy atom. The van der Waals surface area contributed by atoms with E-state index in [-0.39, 0.29) is 0 Å². The van der Waals surface area contributed by atoms with Gasteiger partial charge in [0.25, 0.3) is 0 Å². The average Bonchev–Trinajstić information content (AvgIpc) is 3.25. The topological polar surface area (TPSA) is 21.3 Å². The van der Waals surface area contributed by atoms with Crippen LogP contribution in [0.4, 0.5) is 0 Å². The lowest BCUT2D eigenvalue weighted by Crippen LogP contribution is -2.36. The molecule has 2 heteroatoms. The molecular weight excluding hydrogens is 246 g/mol. The fraction of sp³-hybridized carbons (Fsp3) is 0.667. The van der Waals surface area contributed by atoms with E-state index in [0.717, 1.165) is 36.8 Å². The largest absolute Gasteiger partial charge is 0.492 e. The van der Waals surface area contributed by atoms with Crippen LogP contribution in [0.25, 0.3) is 0 Å². The molecule has 0 aliphatic heterocycles. The Balaban J connectivity index is 1.47. The van der Waals surface area contributed by atoms with Crippen molar-refractivity contribution in [1.82, 2.24) is 5.32 Å². The molecule has 2 aliphatic carbocycles. The summed E-state index contributed by atoms with van der Waals surface area (Å²) in [5.74, 6) is 3.00. The maximum Gasteiger partial charge on any atom is 0.125 e. The van der Waals surface area contributed by atoms with Crippen LogP contribution in [0.15, 0.2) is 12.1 Å². The molecule has 110 valence electrons. The molecule has 2 aliphatic rings. The first-order valence-electron chi connectivity index (χ1n) is 8.09. The SMILES string of the molecule is Cc1cc(C)c(OCCNC(C2CC2)C2CC2)c(C)c1. The minimum atomic E-state index is 0.777.